The number of phenolic OH excluding ortho intramolecular Hbond substituents is 2. The molecule has 118 valence electrons. The van der Waals surface area contributed by atoms with Gasteiger partial charge in [-0.05, 0) is 64.3 Å². The van der Waals surface area contributed by atoms with Gasteiger partial charge in [0.1, 0.15) is 0 Å². The highest BCUT2D eigenvalue weighted by molar-refractivity contribution is 9.10. The van der Waals surface area contributed by atoms with Gasteiger partial charge in [0.2, 0.25) is 0 Å². The van der Waals surface area contributed by atoms with Crippen molar-refractivity contribution in [3.63, 3.8) is 0 Å². The van der Waals surface area contributed by atoms with Crippen molar-refractivity contribution in [2.24, 2.45) is 0 Å². The van der Waals surface area contributed by atoms with E-state index in [0.717, 1.165) is 21.3 Å². The van der Waals surface area contributed by atoms with Crippen LogP contribution in [0.25, 0.3) is 11.1 Å². The van der Waals surface area contributed by atoms with Crippen molar-refractivity contribution in [3.8, 4) is 11.5 Å². The van der Waals surface area contributed by atoms with Crippen LogP contribution in [0, 0.1) is 0 Å². The molecule has 0 fully saturated rings. The summed E-state index contributed by atoms with van der Waals surface area (Å²) in [5.41, 5.74) is 3.66. The van der Waals surface area contributed by atoms with E-state index < -0.39 is 0 Å². The molecule has 4 nitrogen and oxygen atoms in total. The second-order valence-electron chi connectivity index (χ2n) is 5.35. The van der Waals surface area contributed by atoms with Crippen molar-refractivity contribution in [2.45, 2.75) is 6.92 Å². The van der Waals surface area contributed by atoms with Gasteiger partial charge in [-0.3, -0.25) is 4.79 Å². The molecule has 2 N–H and O–H groups in total. The molecule has 23 heavy (non-hydrogen) atoms. The standard InChI is InChI=1S/C17H13Br2NO3/c1-8(9-5-12(19)16(22)14(21)6-9)15-11-7-10(18)3-4-13(11)20(2)17(15)23/h3-7,21-22H,1-2H3/b15-8+. The highest BCUT2D eigenvalue weighted by Gasteiger charge is 2.31. The Morgan fingerprint density at radius 3 is 2.48 bits per heavy atom. The second-order valence-corrected chi connectivity index (χ2v) is 7.12. The van der Waals surface area contributed by atoms with Crippen molar-refractivity contribution in [3.05, 3.63) is 50.4 Å². The lowest BCUT2D eigenvalue weighted by molar-refractivity contribution is -0.112. The minimum absolute atomic E-state index is 0.0979. The topological polar surface area (TPSA) is 60.8 Å². The van der Waals surface area contributed by atoms with E-state index in [1.165, 1.54) is 6.07 Å². The molecule has 0 saturated carbocycles. The van der Waals surface area contributed by atoms with Gasteiger partial charge in [-0.25, -0.2) is 0 Å². The number of hydrogen-bond donors (Lipinski definition) is 2. The minimum Gasteiger partial charge on any atom is -0.504 e. The third-order valence-electron chi connectivity index (χ3n) is 3.96. The van der Waals surface area contributed by atoms with Crippen molar-refractivity contribution in [2.75, 3.05) is 11.9 Å². The molecular weight excluding hydrogens is 426 g/mol. The number of halogens is 2. The fourth-order valence-corrected chi connectivity index (χ4v) is 3.51. The normalized spacial score (nSPS) is 15.8. The SMILES string of the molecule is C/C(=C1\C(=O)N(C)c2ccc(Br)cc21)c1cc(O)c(O)c(Br)c1. The van der Waals surface area contributed by atoms with Gasteiger partial charge in [0, 0.05) is 17.1 Å². The Hall–Kier alpha value is -1.79. The third-order valence-corrected chi connectivity index (χ3v) is 5.06. The zero-order valence-corrected chi connectivity index (χ0v) is 15.6. The molecule has 3 rings (SSSR count). The predicted molar refractivity (Wildman–Crippen MR) is 97.5 cm³/mol. The van der Waals surface area contributed by atoms with Gasteiger partial charge >= 0.3 is 0 Å². The Morgan fingerprint density at radius 2 is 1.83 bits per heavy atom. The monoisotopic (exact) mass is 437 g/mol. The molecule has 0 spiro atoms. The molecule has 0 saturated heterocycles. The largest absolute Gasteiger partial charge is 0.504 e. The molecule has 0 unspecified atom stereocenters. The Labute approximate surface area is 150 Å². The Morgan fingerprint density at radius 1 is 1.13 bits per heavy atom. The zero-order chi connectivity index (χ0) is 16.9. The number of carbonyl (C=O) groups excluding carboxylic acids is 1. The van der Waals surface area contributed by atoms with Gasteiger partial charge in [0.25, 0.3) is 5.91 Å². The van der Waals surface area contributed by atoms with Crippen LogP contribution in [-0.2, 0) is 4.79 Å². The van der Waals surface area contributed by atoms with Crippen molar-refractivity contribution >= 4 is 54.6 Å². The van der Waals surface area contributed by atoms with Gasteiger partial charge in [-0.1, -0.05) is 15.9 Å². The van der Waals surface area contributed by atoms with Crippen LogP contribution in [0.3, 0.4) is 0 Å². The maximum absolute atomic E-state index is 12.7. The van der Waals surface area contributed by atoms with Crippen LogP contribution in [0.2, 0.25) is 0 Å². The number of phenols is 2. The fourth-order valence-electron chi connectivity index (χ4n) is 2.70. The van der Waals surface area contributed by atoms with Crippen LogP contribution in [0.5, 0.6) is 11.5 Å². The summed E-state index contributed by atoms with van der Waals surface area (Å²) in [5.74, 6) is -0.550. The maximum Gasteiger partial charge on any atom is 0.259 e. The lowest BCUT2D eigenvalue weighted by Crippen LogP contribution is -2.20. The Balaban J connectivity index is 2.26. The highest BCUT2D eigenvalue weighted by atomic mass is 79.9. The average molecular weight is 439 g/mol. The number of allylic oxidation sites excluding steroid dienone is 1. The van der Waals surface area contributed by atoms with E-state index in [1.807, 2.05) is 25.1 Å². The summed E-state index contributed by atoms with van der Waals surface area (Å²) < 4.78 is 1.26. The van der Waals surface area contributed by atoms with E-state index in [2.05, 4.69) is 31.9 Å². The quantitative estimate of drug-likeness (QED) is 0.507. The maximum atomic E-state index is 12.7. The molecule has 0 aromatic heterocycles. The zero-order valence-electron chi connectivity index (χ0n) is 12.4. The predicted octanol–water partition coefficient (Wildman–Crippen LogP) is 4.53. The first-order valence-electron chi connectivity index (χ1n) is 6.82. The minimum atomic E-state index is -0.234. The summed E-state index contributed by atoms with van der Waals surface area (Å²) >= 11 is 6.65. The van der Waals surface area contributed by atoms with Crippen LogP contribution in [0.4, 0.5) is 5.69 Å². The molecule has 2 aromatic rings. The summed E-state index contributed by atoms with van der Waals surface area (Å²) in [6.07, 6.45) is 0. The number of carbonyl (C=O) groups is 1. The van der Waals surface area contributed by atoms with E-state index in [-0.39, 0.29) is 17.4 Å². The lowest BCUT2D eigenvalue weighted by Gasteiger charge is -2.10. The smallest absolute Gasteiger partial charge is 0.259 e. The van der Waals surface area contributed by atoms with Gasteiger partial charge in [0.15, 0.2) is 11.5 Å². The first-order valence-corrected chi connectivity index (χ1v) is 8.40. The molecule has 2 aromatic carbocycles. The Bertz CT molecular complexity index is 851. The summed E-state index contributed by atoms with van der Waals surface area (Å²) in [6.45, 7) is 1.83. The van der Waals surface area contributed by atoms with E-state index >= 15 is 0 Å². The first kappa shape index (κ1) is 16.1. The summed E-state index contributed by atoms with van der Waals surface area (Å²) in [7, 11) is 1.74. The third kappa shape index (κ3) is 2.56. The van der Waals surface area contributed by atoms with Crippen LogP contribution in [0.15, 0.2) is 39.3 Å². The van der Waals surface area contributed by atoms with E-state index in [4.69, 9.17) is 0 Å². The molecular formula is C17H13Br2NO3. The molecule has 1 amide bonds. The van der Waals surface area contributed by atoms with Gasteiger partial charge in [0.05, 0.1) is 15.7 Å². The van der Waals surface area contributed by atoms with Crippen molar-refractivity contribution in [1.29, 1.82) is 0 Å². The number of anilines is 1. The van der Waals surface area contributed by atoms with Crippen LogP contribution >= 0.6 is 31.9 Å². The van der Waals surface area contributed by atoms with Crippen LogP contribution < -0.4 is 4.90 Å². The Kier molecular flexibility index (Phi) is 3.98. The molecule has 0 bridgehead atoms. The van der Waals surface area contributed by atoms with Crippen molar-refractivity contribution in [1.82, 2.24) is 0 Å². The number of amides is 1. The highest BCUT2D eigenvalue weighted by Crippen LogP contribution is 2.43. The molecule has 6 heteroatoms. The molecule has 1 aliphatic heterocycles. The molecule has 0 aliphatic carbocycles. The lowest BCUT2D eigenvalue weighted by atomic mass is 9.96. The summed E-state index contributed by atoms with van der Waals surface area (Å²) in [6, 6.07) is 8.82. The summed E-state index contributed by atoms with van der Waals surface area (Å²) in [4.78, 5) is 14.3. The average Bonchev–Trinajstić information content (AvgIpc) is 2.74. The summed E-state index contributed by atoms with van der Waals surface area (Å²) in [5, 5.41) is 19.5. The van der Waals surface area contributed by atoms with Gasteiger partial charge in [-0.2, -0.15) is 0 Å². The molecule has 0 radical (unpaired) electrons. The number of aromatic hydroxyl groups is 2. The van der Waals surface area contributed by atoms with E-state index in [0.29, 0.717) is 15.6 Å². The number of nitrogens with zero attached hydrogens (tertiary/aromatic N) is 1. The van der Waals surface area contributed by atoms with Gasteiger partial charge in [-0.15, -0.1) is 0 Å². The number of hydrogen-bond acceptors (Lipinski definition) is 3. The fraction of sp³-hybridized carbons (Fsp3) is 0.118. The second kappa shape index (κ2) is 5.69. The van der Waals surface area contributed by atoms with Crippen molar-refractivity contribution < 1.29 is 15.0 Å². The number of fused-ring (bicyclic) bond motifs is 1. The van der Waals surface area contributed by atoms with Crippen LogP contribution in [0.1, 0.15) is 18.1 Å². The van der Waals surface area contributed by atoms with E-state index in [1.54, 1.807) is 18.0 Å². The first-order chi connectivity index (χ1) is 10.8. The number of benzene rings is 2. The number of rotatable bonds is 1. The molecule has 0 atom stereocenters. The van der Waals surface area contributed by atoms with Gasteiger partial charge < -0.3 is 15.1 Å². The molecule has 1 aliphatic rings. The molecule has 1 heterocycles. The van der Waals surface area contributed by atoms with Crippen LogP contribution in [-0.4, -0.2) is 23.2 Å². The number of likely N-dealkylation sites (N-methyl/N-ethyl adjacent to an activating group) is 1. The van der Waals surface area contributed by atoms with E-state index in [9.17, 15) is 15.0 Å².